The lowest BCUT2D eigenvalue weighted by Crippen LogP contribution is -2.32. The zero-order valence-electron chi connectivity index (χ0n) is 11.5. The van der Waals surface area contributed by atoms with Crippen molar-refractivity contribution in [2.75, 3.05) is 12.3 Å². The standard InChI is InChI=1S/C11H19N5O3S/c1-7-10(11(12)15-16(7)2)20(18,19)13-6-5-9(17)14-8-3-4-8/h8,13H,3-6H2,1-2H3,(H2,12,15)(H,14,17). The molecule has 4 N–H and O–H groups in total. The monoisotopic (exact) mass is 301 g/mol. The van der Waals surface area contributed by atoms with Gasteiger partial charge in [0.15, 0.2) is 5.82 Å². The Kier molecular flexibility index (Phi) is 4.00. The highest BCUT2D eigenvalue weighted by atomic mass is 32.2. The Morgan fingerprint density at radius 2 is 2.15 bits per heavy atom. The molecular weight excluding hydrogens is 282 g/mol. The smallest absolute Gasteiger partial charge is 0.246 e. The SMILES string of the molecule is Cc1c(S(=O)(=O)NCCC(=O)NC2CC2)c(N)nn1C. The van der Waals surface area contributed by atoms with Crippen LogP contribution in [-0.4, -0.2) is 36.7 Å². The number of nitrogens with two attached hydrogens (primary N) is 1. The van der Waals surface area contributed by atoms with E-state index in [0.29, 0.717) is 5.69 Å². The minimum absolute atomic E-state index is 0.0254. The van der Waals surface area contributed by atoms with Gasteiger partial charge in [0.1, 0.15) is 4.90 Å². The molecule has 0 saturated heterocycles. The number of carbonyl (C=O) groups excluding carboxylic acids is 1. The van der Waals surface area contributed by atoms with Crippen LogP contribution in [0.25, 0.3) is 0 Å². The quantitative estimate of drug-likeness (QED) is 0.639. The third-order valence-electron chi connectivity index (χ3n) is 3.16. The number of aromatic nitrogens is 2. The van der Waals surface area contributed by atoms with Gasteiger partial charge in [0.05, 0.1) is 5.69 Å². The number of sulfonamides is 1. The van der Waals surface area contributed by atoms with Gasteiger partial charge >= 0.3 is 0 Å². The number of anilines is 1. The van der Waals surface area contributed by atoms with Gasteiger partial charge in [-0.1, -0.05) is 0 Å². The second kappa shape index (κ2) is 5.41. The normalized spacial score (nSPS) is 15.3. The fraction of sp³-hybridized carbons (Fsp3) is 0.636. The molecule has 1 aliphatic rings. The maximum Gasteiger partial charge on any atom is 0.246 e. The zero-order valence-corrected chi connectivity index (χ0v) is 12.3. The highest BCUT2D eigenvalue weighted by Crippen LogP contribution is 2.21. The van der Waals surface area contributed by atoms with E-state index in [9.17, 15) is 13.2 Å². The van der Waals surface area contributed by atoms with Crippen LogP contribution in [-0.2, 0) is 21.9 Å². The Balaban J connectivity index is 1.95. The van der Waals surface area contributed by atoms with Crippen LogP contribution in [0.2, 0.25) is 0 Å². The van der Waals surface area contributed by atoms with E-state index in [-0.39, 0.29) is 35.6 Å². The maximum atomic E-state index is 12.1. The molecule has 0 radical (unpaired) electrons. The second-order valence-corrected chi connectivity index (χ2v) is 6.62. The van der Waals surface area contributed by atoms with Gasteiger partial charge in [-0.15, -0.1) is 0 Å². The molecule has 9 heteroatoms. The molecule has 1 aromatic heterocycles. The van der Waals surface area contributed by atoms with Gasteiger partial charge in [-0.3, -0.25) is 9.48 Å². The van der Waals surface area contributed by atoms with Gasteiger partial charge in [0.2, 0.25) is 15.9 Å². The molecule has 8 nitrogen and oxygen atoms in total. The summed E-state index contributed by atoms with van der Waals surface area (Å²) in [5.74, 6) is -0.189. The van der Waals surface area contributed by atoms with Crippen LogP contribution in [0.15, 0.2) is 4.90 Å². The third-order valence-corrected chi connectivity index (χ3v) is 4.79. The Hall–Kier alpha value is -1.61. The summed E-state index contributed by atoms with van der Waals surface area (Å²) in [6, 6.07) is 0.273. The van der Waals surface area contributed by atoms with Gasteiger partial charge < -0.3 is 11.1 Å². The highest BCUT2D eigenvalue weighted by molar-refractivity contribution is 7.89. The van der Waals surface area contributed by atoms with Crippen molar-refractivity contribution in [3.05, 3.63) is 5.69 Å². The van der Waals surface area contributed by atoms with Crippen LogP contribution in [0, 0.1) is 6.92 Å². The van der Waals surface area contributed by atoms with Crippen molar-refractivity contribution in [2.45, 2.75) is 37.1 Å². The number of hydrogen-bond donors (Lipinski definition) is 3. The van der Waals surface area contributed by atoms with E-state index in [1.165, 1.54) is 4.68 Å². The summed E-state index contributed by atoms with van der Waals surface area (Å²) in [6.45, 7) is 1.66. The number of nitrogens with zero attached hydrogens (tertiary/aromatic N) is 2. The van der Waals surface area contributed by atoms with Gasteiger partial charge in [-0.2, -0.15) is 5.10 Å². The molecule has 0 unspecified atom stereocenters. The topological polar surface area (TPSA) is 119 Å². The first-order valence-corrected chi connectivity index (χ1v) is 7.87. The van der Waals surface area contributed by atoms with Crippen LogP contribution < -0.4 is 15.8 Å². The average Bonchev–Trinajstić information content (AvgIpc) is 3.07. The van der Waals surface area contributed by atoms with Crippen molar-refractivity contribution < 1.29 is 13.2 Å². The fourth-order valence-corrected chi connectivity index (χ4v) is 3.20. The number of aryl methyl sites for hydroxylation is 1. The van der Waals surface area contributed by atoms with Gasteiger partial charge in [-0.25, -0.2) is 13.1 Å². The van der Waals surface area contributed by atoms with Crippen molar-refractivity contribution in [3.63, 3.8) is 0 Å². The Morgan fingerprint density at radius 3 is 2.65 bits per heavy atom. The van der Waals surface area contributed by atoms with E-state index < -0.39 is 10.0 Å². The number of amides is 1. The summed E-state index contributed by atoms with van der Waals surface area (Å²) in [6.07, 6.45) is 2.11. The Bertz CT molecular complexity index is 618. The molecule has 0 aromatic carbocycles. The molecule has 1 amide bonds. The number of nitrogens with one attached hydrogen (secondary N) is 2. The molecule has 0 spiro atoms. The molecule has 1 aromatic rings. The second-order valence-electron chi connectivity index (χ2n) is 4.91. The number of carbonyl (C=O) groups is 1. The summed E-state index contributed by atoms with van der Waals surface area (Å²) in [7, 11) is -2.13. The molecule has 0 aliphatic heterocycles. The van der Waals surface area contributed by atoms with E-state index in [1.54, 1.807) is 14.0 Å². The van der Waals surface area contributed by atoms with Crippen molar-refractivity contribution >= 4 is 21.7 Å². The maximum absolute atomic E-state index is 12.1. The van der Waals surface area contributed by atoms with Crippen LogP contribution in [0.5, 0.6) is 0 Å². The van der Waals surface area contributed by atoms with Crippen molar-refractivity contribution in [2.24, 2.45) is 7.05 Å². The molecule has 1 saturated carbocycles. The minimum atomic E-state index is -3.75. The first-order valence-electron chi connectivity index (χ1n) is 6.39. The summed E-state index contributed by atoms with van der Waals surface area (Å²) < 4.78 is 28.0. The molecule has 112 valence electrons. The molecule has 0 atom stereocenters. The number of nitrogen functional groups attached to an aromatic ring is 1. The third kappa shape index (κ3) is 3.28. The van der Waals surface area contributed by atoms with Crippen molar-refractivity contribution in [1.82, 2.24) is 19.8 Å². The molecule has 2 rings (SSSR count). The van der Waals surface area contributed by atoms with Crippen LogP contribution in [0.4, 0.5) is 5.82 Å². The van der Waals surface area contributed by atoms with Crippen molar-refractivity contribution in [3.8, 4) is 0 Å². The predicted molar refractivity (Wildman–Crippen MR) is 73.3 cm³/mol. The Morgan fingerprint density at radius 1 is 1.50 bits per heavy atom. The summed E-state index contributed by atoms with van der Waals surface area (Å²) in [4.78, 5) is 11.4. The van der Waals surface area contributed by atoms with E-state index in [0.717, 1.165) is 12.8 Å². The lowest BCUT2D eigenvalue weighted by atomic mass is 10.4. The minimum Gasteiger partial charge on any atom is -0.381 e. The highest BCUT2D eigenvalue weighted by Gasteiger charge is 2.25. The molecule has 1 fully saturated rings. The summed E-state index contributed by atoms with van der Waals surface area (Å²) >= 11 is 0. The van der Waals surface area contributed by atoms with E-state index in [4.69, 9.17) is 5.73 Å². The fourth-order valence-electron chi connectivity index (χ4n) is 1.85. The number of hydrogen-bond acceptors (Lipinski definition) is 5. The lowest BCUT2D eigenvalue weighted by Gasteiger charge is -2.07. The first-order chi connectivity index (χ1) is 9.31. The number of rotatable bonds is 6. The zero-order chi connectivity index (χ0) is 14.9. The molecule has 0 bridgehead atoms. The van der Waals surface area contributed by atoms with Crippen LogP contribution >= 0.6 is 0 Å². The largest absolute Gasteiger partial charge is 0.381 e. The predicted octanol–water partition coefficient (Wildman–Crippen LogP) is -0.742. The first kappa shape index (κ1) is 14.8. The lowest BCUT2D eigenvalue weighted by molar-refractivity contribution is -0.121. The molecule has 20 heavy (non-hydrogen) atoms. The van der Waals surface area contributed by atoms with Gasteiger partial charge in [-0.05, 0) is 19.8 Å². The van der Waals surface area contributed by atoms with E-state index in [2.05, 4.69) is 15.1 Å². The molecule has 1 heterocycles. The molecular formula is C11H19N5O3S. The summed E-state index contributed by atoms with van der Waals surface area (Å²) in [5, 5.41) is 6.66. The Labute approximate surface area is 117 Å². The van der Waals surface area contributed by atoms with Crippen LogP contribution in [0.1, 0.15) is 25.0 Å². The van der Waals surface area contributed by atoms with E-state index >= 15 is 0 Å². The van der Waals surface area contributed by atoms with Crippen LogP contribution in [0.3, 0.4) is 0 Å². The average molecular weight is 301 g/mol. The molecule has 1 aliphatic carbocycles. The van der Waals surface area contributed by atoms with Crippen molar-refractivity contribution in [1.29, 1.82) is 0 Å². The van der Waals surface area contributed by atoms with Gasteiger partial charge in [0, 0.05) is 26.1 Å². The van der Waals surface area contributed by atoms with Gasteiger partial charge in [0.25, 0.3) is 0 Å². The summed E-state index contributed by atoms with van der Waals surface area (Å²) in [5.41, 5.74) is 6.06. The van der Waals surface area contributed by atoms with E-state index in [1.807, 2.05) is 0 Å².